The number of hydrogen-bond donors (Lipinski definition) is 2. The highest BCUT2D eigenvalue weighted by Crippen LogP contribution is 2.16. The third-order valence-electron chi connectivity index (χ3n) is 3.95. The van der Waals surface area contributed by atoms with Crippen LogP contribution in [0.2, 0.25) is 0 Å². The fourth-order valence-corrected chi connectivity index (χ4v) is 2.51. The van der Waals surface area contributed by atoms with Gasteiger partial charge in [0.1, 0.15) is 18.2 Å². The van der Waals surface area contributed by atoms with Crippen molar-refractivity contribution in [1.29, 1.82) is 0 Å². The van der Waals surface area contributed by atoms with E-state index in [0.29, 0.717) is 17.0 Å². The van der Waals surface area contributed by atoms with E-state index in [0.717, 1.165) is 5.56 Å². The van der Waals surface area contributed by atoms with Gasteiger partial charge in [0.15, 0.2) is 5.69 Å². The van der Waals surface area contributed by atoms with E-state index in [2.05, 4.69) is 15.7 Å². The smallest absolute Gasteiger partial charge is 0.273 e. The van der Waals surface area contributed by atoms with Gasteiger partial charge in [-0.15, -0.1) is 0 Å². The Bertz CT molecular complexity index is 982. The molecule has 0 aliphatic carbocycles. The van der Waals surface area contributed by atoms with E-state index in [-0.39, 0.29) is 29.9 Å². The molecule has 3 aromatic rings. The Morgan fingerprint density at radius 2 is 1.75 bits per heavy atom. The first kappa shape index (κ1) is 19.1. The van der Waals surface area contributed by atoms with E-state index in [9.17, 15) is 14.0 Å². The molecule has 0 radical (unpaired) electrons. The van der Waals surface area contributed by atoms with E-state index in [1.807, 2.05) is 0 Å². The Hall–Kier alpha value is -3.68. The van der Waals surface area contributed by atoms with Crippen molar-refractivity contribution >= 4 is 17.5 Å². The molecule has 8 heteroatoms. The van der Waals surface area contributed by atoms with Crippen LogP contribution in [0.25, 0.3) is 0 Å². The largest absolute Gasteiger partial charge is 0.489 e. The van der Waals surface area contributed by atoms with Gasteiger partial charge in [-0.1, -0.05) is 12.1 Å². The minimum absolute atomic E-state index is 0.141. The summed E-state index contributed by atoms with van der Waals surface area (Å²) < 4.78 is 19.9. The Morgan fingerprint density at radius 3 is 2.39 bits per heavy atom. The first-order valence-corrected chi connectivity index (χ1v) is 8.50. The lowest BCUT2D eigenvalue weighted by molar-refractivity contribution is 0.0958. The summed E-state index contributed by atoms with van der Waals surface area (Å²) in [4.78, 5) is 24.3. The van der Waals surface area contributed by atoms with Crippen LogP contribution in [0.3, 0.4) is 0 Å². The molecule has 1 aromatic heterocycles. The first-order valence-electron chi connectivity index (χ1n) is 8.50. The molecule has 0 unspecified atom stereocenters. The van der Waals surface area contributed by atoms with Gasteiger partial charge in [-0.25, -0.2) is 4.39 Å². The molecule has 3 rings (SSSR count). The molecular formula is C20H19FN4O3. The highest BCUT2D eigenvalue weighted by molar-refractivity contribution is 6.08. The van der Waals surface area contributed by atoms with Gasteiger partial charge in [0.25, 0.3) is 11.8 Å². The molecule has 0 bridgehead atoms. The highest BCUT2D eigenvalue weighted by Gasteiger charge is 2.17. The summed E-state index contributed by atoms with van der Waals surface area (Å²) in [6.45, 7) is 0.289. The van der Waals surface area contributed by atoms with Crippen molar-refractivity contribution in [2.45, 2.75) is 6.61 Å². The molecule has 1 heterocycles. The topological polar surface area (TPSA) is 85.3 Å². The molecule has 0 saturated heterocycles. The molecule has 28 heavy (non-hydrogen) atoms. The van der Waals surface area contributed by atoms with Crippen LogP contribution < -0.4 is 15.4 Å². The Labute approximate surface area is 161 Å². The number of nitrogens with one attached hydrogen (secondary N) is 2. The number of hydrogen-bond acceptors (Lipinski definition) is 4. The number of rotatable bonds is 6. The zero-order valence-corrected chi connectivity index (χ0v) is 15.4. The average molecular weight is 382 g/mol. The summed E-state index contributed by atoms with van der Waals surface area (Å²) in [5.74, 6) is -0.509. The maximum absolute atomic E-state index is 12.9. The van der Waals surface area contributed by atoms with Crippen molar-refractivity contribution < 1.29 is 18.7 Å². The second-order valence-corrected chi connectivity index (χ2v) is 6.04. The number of halogens is 1. The number of aromatic nitrogens is 2. The molecule has 0 aliphatic rings. The van der Waals surface area contributed by atoms with Crippen molar-refractivity contribution in [3.05, 3.63) is 77.4 Å². The van der Waals surface area contributed by atoms with Gasteiger partial charge >= 0.3 is 0 Å². The number of nitrogens with zero attached hydrogens (tertiary/aromatic N) is 2. The third kappa shape index (κ3) is 4.53. The van der Waals surface area contributed by atoms with Crippen molar-refractivity contribution in [1.82, 2.24) is 15.1 Å². The summed E-state index contributed by atoms with van der Waals surface area (Å²) in [5, 5.41) is 9.23. The zero-order valence-electron chi connectivity index (χ0n) is 15.4. The molecule has 0 saturated carbocycles. The summed E-state index contributed by atoms with van der Waals surface area (Å²) in [6, 6.07) is 12.6. The van der Waals surface area contributed by atoms with Crippen LogP contribution in [-0.2, 0) is 13.7 Å². The van der Waals surface area contributed by atoms with Crippen LogP contribution in [0.15, 0.2) is 54.7 Å². The van der Waals surface area contributed by atoms with E-state index in [4.69, 9.17) is 4.74 Å². The molecule has 0 spiro atoms. The predicted molar refractivity (Wildman–Crippen MR) is 102 cm³/mol. The average Bonchev–Trinajstić information content (AvgIpc) is 3.07. The lowest BCUT2D eigenvalue weighted by atomic mass is 10.1. The molecule has 144 valence electrons. The van der Waals surface area contributed by atoms with Gasteiger partial charge < -0.3 is 15.4 Å². The fourth-order valence-electron chi connectivity index (χ4n) is 2.51. The van der Waals surface area contributed by atoms with Crippen molar-refractivity contribution in [3.63, 3.8) is 0 Å². The van der Waals surface area contributed by atoms with Crippen molar-refractivity contribution in [2.24, 2.45) is 7.05 Å². The van der Waals surface area contributed by atoms with Gasteiger partial charge in [0, 0.05) is 25.9 Å². The number of amides is 2. The molecule has 2 aromatic carbocycles. The Balaban J connectivity index is 1.64. The fraction of sp³-hybridized carbons (Fsp3) is 0.150. The quantitative estimate of drug-likeness (QED) is 0.687. The first-order chi connectivity index (χ1) is 13.5. The number of carbonyl (C=O) groups is 2. The van der Waals surface area contributed by atoms with Crippen LogP contribution in [-0.4, -0.2) is 28.6 Å². The van der Waals surface area contributed by atoms with Crippen LogP contribution in [0.5, 0.6) is 5.75 Å². The van der Waals surface area contributed by atoms with Gasteiger partial charge in [-0.3, -0.25) is 14.3 Å². The van der Waals surface area contributed by atoms with E-state index in [1.165, 1.54) is 23.9 Å². The SMILES string of the molecule is CNC(=O)c1nn(C)cc1NC(=O)c1ccc(COc2ccc(F)cc2)cc1. The molecule has 7 nitrogen and oxygen atoms in total. The van der Waals surface area contributed by atoms with Crippen LogP contribution >= 0.6 is 0 Å². The summed E-state index contributed by atoms with van der Waals surface area (Å²) in [5.41, 5.74) is 1.75. The molecule has 0 atom stereocenters. The predicted octanol–water partition coefficient (Wildman–Crippen LogP) is 2.75. The third-order valence-corrected chi connectivity index (χ3v) is 3.95. The Morgan fingerprint density at radius 1 is 1.07 bits per heavy atom. The van der Waals surface area contributed by atoms with Gasteiger partial charge in [-0.05, 0) is 42.0 Å². The summed E-state index contributed by atoms with van der Waals surface area (Å²) in [7, 11) is 3.16. The second kappa shape index (κ2) is 8.34. The lowest BCUT2D eigenvalue weighted by Crippen LogP contribution is -2.21. The monoisotopic (exact) mass is 382 g/mol. The maximum atomic E-state index is 12.9. The minimum atomic E-state index is -0.385. The van der Waals surface area contributed by atoms with Crippen LogP contribution in [0, 0.1) is 5.82 Å². The van der Waals surface area contributed by atoms with Gasteiger partial charge in [0.2, 0.25) is 0 Å². The molecule has 0 aliphatic heterocycles. The van der Waals surface area contributed by atoms with E-state index >= 15 is 0 Å². The number of ether oxygens (including phenoxy) is 1. The summed E-state index contributed by atoms with van der Waals surface area (Å²) >= 11 is 0. The highest BCUT2D eigenvalue weighted by atomic mass is 19.1. The van der Waals surface area contributed by atoms with E-state index in [1.54, 1.807) is 49.6 Å². The Kier molecular flexibility index (Phi) is 5.69. The number of benzene rings is 2. The zero-order chi connectivity index (χ0) is 20.1. The number of aryl methyl sites for hydroxylation is 1. The van der Waals surface area contributed by atoms with Crippen molar-refractivity contribution in [2.75, 3.05) is 12.4 Å². The van der Waals surface area contributed by atoms with Gasteiger partial charge in [-0.2, -0.15) is 5.10 Å². The van der Waals surface area contributed by atoms with E-state index < -0.39 is 0 Å². The molecule has 2 amide bonds. The normalized spacial score (nSPS) is 10.4. The van der Waals surface area contributed by atoms with Crippen molar-refractivity contribution in [3.8, 4) is 5.75 Å². The number of carbonyl (C=O) groups excluding carboxylic acids is 2. The molecule has 0 fully saturated rings. The lowest BCUT2D eigenvalue weighted by Gasteiger charge is -2.08. The van der Waals surface area contributed by atoms with Gasteiger partial charge in [0.05, 0.1) is 5.69 Å². The molecular weight excluding hydrogens is 363 g/mol. The standard InChI is InChI=1S/C20H19FN4O3/c1-22-20(27)18-17(11-25(2)24-18)23-19(26)14-5-3-13(4-6-14)12-28-16-9-7-15(21)8-10-16/h3-11H,12H2,1-2H3,(H,22,27)(H,23,26). The van der Waals surface area contributed by atoms with Crippen LogP contribution in [0.4, 0.5) is 10.1 Å². The minimum Gasteiger partial charge on any atom is -0.489 e. The van der Waals surface area contributed by atoms with Crippen LogP contribution in [0.1, 0.15) is 26.4 Å². The maximum Gasteiger partial charge on any atom is 0.273 e. The second-order valence-electron chi connectivity index (χ2n) is 6.04. The molecule has 2 N–H and O–H groups in total. The number of anilines is 1. The summed E-state index contributed by atoms with van der Waals surface area (Å²) in [6.07, 6.45) is 1.56.